The number of fused-ring (bicyclic) bond motifs is 1. The van der Waals surface area contributed by atoms with E-state index >= 15 is 0 Å². The summed E-state index contributed by atoms with van der Waals surface area (Å²) in [4.78, 5) is 0. The average Bonchev–Trinajstić information content (AvgIpc) is 2.99. The third-order valence-corrected chi connectivity index (χ3v) is 9.63. The molecule has 0 unspecified atom stereocenters. The molecule has 3 rings (SSSR count). The monoisotopic (exact) mass is 403 g/mol. The van der Waals surface area contributed by atoms with Crippen LogP contribution in [0.5, 0.6) is 0 Å². The Hall–Kier alpha value is -0.960. The van der Waals surface area contributed by atoms with Gasteiger partial charge in [-0.25, -0.2) is 14.1 Å². The quantitative estimate of drug-likeness (QED) is 0.366. The Labute approximate surface area is 171 Å². The fourth-order valence-corrected chi connectivity index (χ4v) is 8.88. The molecular formula is C23H38N3OP. The maximum absolute atomic E-state index is 14.8. The number of rotatable bonds is 8. The number of nitrogens with zero attached hydrogens (tertiary/aromatic N) is 3. The first-order chi connectivity index (χ1) is 13.6. The smallest absolute Gasteiger partial charge is 0.262 e. The van der Waals surface area contributed by atoms with E-state index in [2.05, 4.69) is 37.0 Å². The zero-order chi connectivity index (χ0) is 20.1. The first-order valence-electron chi connectivity index (χ1n) is 11.4. The standard InChI is InChI=1S/C23H38N3OP/c1-5-20(6-2)25-22-16-12-13-17-23(22)26(21(7-3)8-4)28(25,27)24-18-19-14-10-9-11-15-19/h9-11,14-15,18,20-23H,5-8,12-13,16-17H2,1-4H3/b24-18+/t22-,23-/m1/s1. The van der Waals surface area contributed by atoms with E-state index in [0.29, 0.717) is 24.2 Å². The molecule has 0 N–H and O–H groups in total. The molecule has 0 bridgehead atoms. The second-order valence-corrected chi connectivity index (χ2v) is 10.5. The van der Waals surface area contributed by atoms with Crippen LogP contribution in [0.3, 0.4) is 0 Å². The van der Waals surface area contributed by atoms with Gasteiger partial charge in [-0.15, -0.1) is 0 Å². The van der Waals surface area contributed by atoms with Crippen molar-refractivity contribution in [1.29, 1.82) is 0 Å². The summed E-state index contributed by atoms with van der Waals surface area (Å²) in [5.74, 6) is 0. The molecule has 2 atom stereocenters. The van der Waals surface area contributed by atoms with Crippen molar-refractivity contribution in [2.24, 2.45) is 4.76 Å². The normalized spacial score (nSPS) is 25.8. The summed E-state index contributed by atoms with van der Waals surface area (Å²) < 4.78 is 24.5. The molecule has 0 aromatic heterocycles. The molecule has 1 saturated carbocycles. The minimum Gasteiger partial charge on any atom is -0.262 e. The van der Waals surface area contributed by atoms with E-state index in [4.69, 9.17) is 4.76 Å². The first-order valence-corrected chi connectivity index (χ1v) is 12.9. The van der Waals surface area contributed by atoms with Gasteiger partial charge in [0.25, 0.3) is 0 Å². The summed E-state index contributed by atoms with van der Waals surface area (Å²) in [6.07, 6.45) is 10.8. The summed E-state index contributed by atoms with van der Waals surface area (Å²) in [5.41, 5.74) is 1.03. The lowest BCUT2D eigenvalue weighted by atomic mass is 9.88. The number of benzene rings is 1. The fourth-order valence-electron chi connectivity index (χ4n) is 5.31. The Morgan fingerprint density at radius 1 is 0.929 bits per heavy atom. The van der Waals surface area contributed by atoms with Crippen LogP contribution in [-0.4, -0.2) is 39.7 Å². The third-order valence-electron chi connectivity index (χ3n) is 6.77. The molecule has 0 radical (unpaired) electrons. The fraction of sp³-hybridized carbons (Fsp3) is 0.696. The Morgan fingerprint density at radius 3 is 1.82 bits per heavy atom. The molecule has 1 aliphatic carbocycles. The zero-order valence-electron chi connectivity index (χ0n) is 18.1. The summed E-state index contributed by atoms with van der Waals surface area (Å²) in [5, 5.41) is 0. The molecule has 1 saturated heterocycles. The third kappa shape index (κ3) is 4.01. The van der Waals surface area contributed by atoms with E-state index < -0.39 is 7.59 Å². The average molecular weight is 404 g/mol. The van der Waals surface area contributed by atoms with Crippen LogP contribution in [0.4, 0.5) is 0 Å². The van der Waals surface area contributed by atoms with Crippen LogP contribution in [0.2, 0.25) is 0 Å². The highest BCUT2D eigenvalue weighted by atomic mass is 31.2. The largest absolute Gasteiger partial charge is 0.330 e. The molecule has 156 valence electrons. The lowest BCUT2D eigenvalue weighted by Crippen LogP contribution is -2.44. The van der Waals surface area contributed by atoms with Gasteiger partial charge < -0.3 is 0 Å². The molecular weight excluding hydrogens is 365 g/mol. The van der Waals surface area contributed by atoms with Crippen molar-refractivity contribution in [2.75, 3.05) is 0 Å². The van der Waals surface area contributed by atoms with E-state index in [1.165, 1.54) is 12.8 Å². The molecule has 4 nitrogen and oxygen atoms in total. The zero-order valence-corrected chi connectivity index (χ0v) is 19.0. The van der Waals surface area contributed by atoms with Gasteiger partial charge in [0, 0.05) is 30.4 Å². The van der Waals surface area contributed by atoms with Crippen LogP contribution in [-0.2, 0) is 4.57 Å². The predicted molar refractivity (Wildman–Crippen MR) is 120 cm³/mol. The molecule has 1 aromatic carbocycles. The molecule has 1 aromatic rings. The van der Waals surface area contributed by atoms with Crippen molar-refractivity contribution in [3.63, 3.8) is 0 Å². The second-order valence-electron chi connectivity index (χ2n) is 8.29. The van der Waals surface area contributed by atoms with Crippen LogP contribution in [0.1, 0.15) is 84.6 Å². The predicted octanol–water partition coefficient (Wildman–Crippen LogP) is 6.52. The SMILES string of the molecule is CCC(CC)N1[C@@H]2CCCC[C@H]2N(C(CC)CC)P1(=O)/N=C/c1ccccc1. The van der Waals surface area contributed by atoms with Gasteiger partial charge >= 0.3 is 7.59 Å². The van der Waals surface area contributed by atoms with Gasteiger partial charge in [-0.05, 0) is 44.1 Å². The Bertz CT molecular complexity index is 652. The maximum atomic E-state index is 14.8. The van der Waals surface area contributed by atoms with Crippen LogP contribution < -0.4 is 0 Å². The van der Waals surface area contributed by atoms with E-state index in [9.17, 15) is 4.57 Å². The van der Waals surface area contributed by atoms with Crippen LogP contribution >= 0.6 is 7.59 Å². The van der Waals surface area contributed by atoms with Crippen LogP contribution in [0, 0.1) is 0 Å². The van der Waals surface area contributed by atoms with E-state index in [0.717, 1.165) is 44.1 Å². The van der Waals surface area contributed by atoms with E-state index in [1.807, 2.05) is 36.5 Å². The van der Waals surface area contributed by atoms with Crippen molar-refractivity contribution in [3.8, 4) is 0 Å². The highest BCUT2D eigenvalue weighted by Crippen LogP contribution is 2.67. The summed E-state index contributed by atoms with van der Waals surface area (Å²) in [6.45, 7) is 8.93. The van der Waals surface area contributed by atoms with Gasteiger partial charge in [0.15, 0.2) is 0 Å². The lowest BCUT2D eigenvalue weighted by molar-refractivity contribution is 0.152. The van der Waals surface area contributed by atoms with Crippen molar-refractivity contribution in [1.82, 2.24) is 9.34 Å². The molecule has 28 heavy (non-hydrogen) atoms. The van der Waals surface area contributed by atoms with Crippen LogP contribution in [0.25, 0.3) is 0 Å². The number of hydrogen-bond acceptors (Lipinski definition) is 1. The Morgan fingerprint density at radius 2 is 1.39 bits per heavy atom. The minimum absolute atomic E-state index is 0.337. The molecule has 2 fully saturated rings. The van der Waals surface area contributed by atoms with Crippen molar-refractivity contribution >= 4 is 13.8 Å². The minimum atomic E-state index is -3.00. The van der Waals surface area contributed by atoms with Gasteiger partial charge in [0.05, 0.1) is 0 Å². The van der Waals surface area contributed by atoms with E-state index in [-0.39, 0.29) is 0 Å². The highest BCUT2D eigenvalue weighted by molar-refractivity contribution is 7.58. The lowest BCUT2D eigenvalue weighted by Gasteiger charge is -2.36. The molecule has 1 aliphatic heterocycles. The van der Waals surface area contributed by atoms with Gasteiger partial charge in [-0.3, -0.25) is 4.57 Å². The molecule has 0 spiro atoms. The first kappa shape index (κ1) is 21.7. The highest BCUT2D eigenvalue weighted by Gasteiger charge is 2.58. The van der Waals surface area contributed by atoms with Crippen molar-refractivity contribution in [3.05, 3.63) is 35.9 Å². The van der Waals surface area contributed by atoms with Gasteiger partial charge in [-0.1, -0.05) is 70.9 Å². The van der Waals surface area contributed by atoms with Crippen molar-refractivity contribution in [2.45, 2.75) is 103 Å². The maximum Gasteiger partial charge on any atom is 0.330 e. The Kier molecular flexibility index (Phi) is 7.53. The van der Waals surface area contributed by atoms with Crippen molar-refractivity contribution < 1.29 is 4.57 Å². The van der Waals surface area contributed by atoms with Gasteiger partial charge in [0.1, 0.15) is 0 Å². The topological polar surface area (TPSA) is 35.9 Å². The van der Waals surface area contributed by atoms with Gasteiger partial charge in [-0.2, -0.15) is 0 Å². The summed E-state index contributed by atoms with van der Waals surface area (Å²) in [6, 6.07) is 11.6. The molecule has 5 heteroatoms. The molecule has 0 amide bonds. The van der Waals surface area contributed by atoms with Crippen LogP contribution in [0.15, 0.2) is 35.1 Å². The summed E-state index contributed by atoms with van der Waals surface area (Å²) >= 11 is 0. The van der Waals surface area contributed by atoms with Gasteiger partial charge in [0.2, 0.25) is 0 Å². The van der Waals surface area contributed by atoms with E-state index in [1.54, 1.807) is 0 Å². The number of hydrogen-bond donors (Lipinski definition) is 0. The Balaban J connectivity index is 2.09. The summed E-state index contributed by atoms with van der Waals surface area (Å²) in [7, 11) is -3.00. The molecule has 2 aliphatic rings. The second kappa shape index (κ2) is 9.69. The molecule has 1 heterocycles.